The van der Waals surface area contributed by atoms with Gasteiger partial charge in [0.1, 0.15) is 6.04 Å². The minimum Gasteiger partial charge on any atom is -0.392 e. The van der Waals surface area contributed by atoms with Crippen LogP contribution in [0.3, 0.4) is 0 Å². The number of nitrogens with zero attached hydrogens (tertiary/aromatic N) is 1. The quantitative estimate of drug-likeness (QED) is 0.507. The molecule has 3 heterocycles. The first-order chi connectivity index (χ1) is 13.0. The van der Waals surface area contributed by atoms with E-state index in [1.54, 1.807) is 4.90 Å². The van der Waals surface area contributed by atoms with Crippen LogP contribution in [0.5, 0.6) is 0 Å². The van der Waals surface area contributed by atoms with Crippen LogP contribution in [0, 0.1) is 0 Å². The number of fused-ring (bicyclic) bond motifs is 1. The summed E-state index contributed by atoms with van der Waals surface area (Å²) in [5.74, 6) is -0.819. The Morgan fingerprint density at radius 3 is 2.85 bits per heavy atom. The van der Waals surface area contributed by atoms with Crippen molar-refractivity contribution in [1.29, 1.82) is 0 Å². The Morgan fingerprint density at radius 2 is 2.11 bits per heavy atom. The van der Waals surface area contributed by atoms with E-state index in [4.69, 9.17) is 0 Å². The molecule has 0 saturated carbocycles. The van der Waals surface area contributed by atoms with Crippen LogP contribution in [-0.2, 0) is 22.7 Å². The van der Waals surface area contributed by atoms with Gasteiger partial charge in [0.2, 0.25) is 11.8 Å². The van der Waals surface area contributed by atoms with E-state index in [0.717, 1.165) is 17.5 Å². The molecule has 0 aromatic heterocycles. The molecule has 27 heavy (non-hydrogen) atoms. The standard InChI is InChI=1S/C19H24N4O4/c24-14-6-13(21-9-14)8-20-7-11-2-1-3-12-10-23(19(27)17(11)12)15-4-5-16(25)22-18(15)26/h1-3,13-15,20-21,24H,4-10H2,(H,22,25,26)/t13-,14+,15?/m1/s1. The van der Waals surface area contributed by atoms with Crippen molar-refractivity contribution in [1.82, 2.24) is 20.9 Å². The number of carbonyl (C=O) groups excluding carboxylic acids is 3. The number of aliphatic hydroxyl groups is 1. The number of rotatable bonds is 5. The maximum absolute atomic E-state index is 13.0. The molecular weight excluding hydrogens is 348 g/mol. The Hall–Kier alpha value is -2.29. The van der Waals surface area contributed by atoms with Crippen molar-refractivity contribution in [3.05, 3.63) is 34.9 Å². The molecule has 3 aliphatic rings. The fraction of sp³-hybridized carbons (Fsp3) is 0.526. The van der Waals surface area contributed by atoms with Gasteiger partial charge in [-0.05, 0) is 24.0 Å². The molecule has 4 N–H and O–H groups in total. The van der Waals surface area contributed by atoms with Crippen LogP contribution in [0.15, 0.2) is 18.2 Å². The number of hydrogen-bond acceptors (Lipinski definition) is 6. The minimum absolute atomic E-state index is 0.147. The molecule has 3 aliphatic heterocycles. The highest BCUT2D eigenvalue weighted by Gasteiger charge is 2.39. The van der Waals surface area contributed by atoms with Crippen molar-refractivity contribution in [3.63, 3.8) is 0 Å². The summed E-state index contributed by atoms with van der Waals surface area (Å²) >= 11 is 0. The molecule has 0 radical (unpaired) electrons. The molecule has 0 aliphatic carbocycles. The van der Waals surface area contributed by atoms with Crippen molar-refractivity contribution in [2.75, 3.05) is 13.1 Å². The van der Waals surface area contributed by atoms with Gasteiger partial charge in [-0.3, -0.25) is 19.7 Å². The smallest absolute Gasteiger partial charge is 0.255 e. The number of β-amino-alcohol motifs (C(OH)–C–C–N with tert-alkyl or cyclic N) is 1. The number of imide groups is 1. The van der Waals surface area contributed by atoms with Crippen LogP contribution in [0.2, 0.25) is 0 Å². The van der Waals surface area contributed by atoms with Gasteiger partial charge in [-0.25, -0.2) is 0 Å². The lowest BCUT2D eigenvalue weighted by Gasteiger charge is -2.29. The van der Waals surface area contributed by atoms with Gasteiger partial charge in [-0.2, -0.15) is 0 Å². The van der Waals surface area contributed by atoms with Gasteiger partial charge in [-0.15, -0.1) is 0 Å². The monoisotopic (exact) mass is 372 g/mol. The highest BCUT2D eigenvalue weighted by atomic mass is 16.3. The Balaban J connectivity index is 1.43. The third-order valence-electron chi connectivity index (χ3n) is 5.54. The molecule has 3 amide bonds. The van der Waals surface area contributed by atoms with Gasteiger partial charge in [0, 0.05) is 44.2 Å². The van der Waals surface area contributed by atoms with Crippen molar-refractivity contribution < 1.29 is 19.5 Å². The number of benzene rings is 1. The summed E-state index contributed by atoms with van der Waals surface area (Å²) in [6.07, 6.45) is 1.06. The van der Waals surface area contributed by atoms with Gasteiger partial charge in [0.25, 0.3) is 5.91 Å². The van der Waals surface area contributed by atoms with E-state index < -0.39 is 11.9 Å². The van der Waals surface area contributed by atoms with Crippen molar-refractivity contribution >= 4 is 17.7 Å². The topological polar surface area (TPSA) is 111 Å². The maximum atomic E-state index is 13.0. The molecule has 2 saturated heterocycles. The van der Waals surface area contributed by atoms with Gasteiger partial charge in [0.15, 0.2) is 0 Å². The van der Waals surface area contributed by atoms with E-state index in [-0.39, 0.29) is 30.4 Å². The maximum Gasteiger partial charge on any atom is 0.255 e. The van der Waals surface area contributed by atoms with Crippen LogP contribution in [0.1, 0.15) is 40.7 Å². The van der Waals surface area contributed by atoms with Crippen LogP contribution in [0.4, 0.5) is 0 Å². The van der Waals surface area contributed by atoms with Crippen LogP contribution < -0.4 is 16.0 Å². The second-order valence-electron chi connectivity index (χ2n) is 7.48. The SMILES string of the molecule is O=C1CCC(N2Cc3cccc(CNC[C@H]4C[C@H](O)CN4)c3C2=O)C(=O)N1. The molecule has 2 fully saturated rings. The molecule has 144 valence electrons. The third kappa shape index (κ3) is 3.60. The fourth-order valence-corrected chi connectivity index (χ4v) is 4.17. The summed E-state index contributed by atoms with van der Waals surface area (Å²) in [6, 6.07) is 5.40. The summed E-state index contributed by atoms with van der Waals surface area (Å²) < 4.78 is 0. The number of amides is 3. The van der Waals surface area contributed by atoms with Crippen molar-refractivity contribution in [2.24, 2.45) is 0 Å². The highest BCUT2D eigenvalue weighted by molar-refractivity contribution is 6.05. The largest absolute Gasteiger partial charge is 0.392 e. The normalized spacial score (nSPS) is 27.8. The highest BCUT2D eigenvalue weighted by Crippen LogP contribution is 2.29. The molecule has 0 bridgehead atoms. The zero-order valence-corrected chi connectivity index (χ0v) is 15.0. The number of piperidine rings is 1. The fourth-order valence-electron chi connectivity index (χ4n) is 4.17. The molecule has 8 heteroatoms. The lowest BCUT2D eigenvalue weighted by molar-refractivity contribution is -0.136. The molecule has 4 rings (SSSR count). The zero-order chi connectivity index (χ0) is 19.0. The van der Waals surface area contributed by atoms with Crippen molar-refractivity contribution in [3.8, 4) is 0 Å². The average Bonchev–Trinajstić information content (AvgIpc) is 3.19. The summed E-state index contributed by atoms with van der Waals surface area (Å²) in [5, 5.41) is 18.5. The van der Waals surface area contributed by atoms with Gasteiger partial charge in [-0.1, -0.05) is 18.2 Å². The van der Waals surface area contributed by atoms with Gasteiger partial charge < -0.3 is 20.6 Å². The first-order valence-electron chi connectivity index (χ1n) is 9.40. The molecule has 8 nitrogen and oxygen atoms in total. The van der Waals surface area contributed by atoms with E-state index in [2.05, 4.69) is 16.0 Å². The Bertz CT molecular complexity index is 781. The van der Waals surface area contributed by atoms with Crippen LogP contribution in [-0.4, -0.2) is 59.0 Å². The van der Waals surface area contributed by atoms with E-state index in [9.17, 15) is 19.5 Å². The van der Waals surface area contributed by atoms with E-state index in [0.29, 0.717) is 38.2 Å². The molecule has 1 unspecified atom stereocenters. The van der Waals surface area contributed by atoms with Gasteiger partial charge in [0.05, 0.1) is 6.10 Å². The average molecular weight is 372 g/mol. The van der Waals surface area contributed by atoms with E-state index in [1.807, 2.05) is 18.2 Å². The lowest BCUT2D eigenvalue weighted by atomic mass is 10.0. The minimum atomic E-state index is -0.590. The second-order valence-corrected chi connectivity index (χ2v) is 7.48. The number of aliphatic hydroxyl groups excluding tert-OH is 1. The van der Waals surface area contributed by atoms with E-state index in [1.165, 1.54) is 0 Å². The second kappa shape index (κ2) is 7.38. The Morgan fingerprint density at radius 1 is 1.26 bits per heavy atom. The number of nitrogens with one attached hydrogen (secondary N) is 3. The predicted molar refractivity (Wildman–Crippen MR) is 96.6 cm³/mol. The van der Waals surface area contributed by atoms with Gasteiger partial charge >= 0.3 is 0 Å². The van der Waals surface area contributed by atoms with Crippen molar-refractivity contribution in [2.45, 2.75) is 50.5 Å². The summed E-state index contributed by atoms with van der Waals surface area (Å²) in [5.41, 5.74) is 2.48. The van der Waals surface area contributed by atoms with Crippen LogP contribution in [0.25, 0.3) is 0 Å². The van der Waals surface area contributed by atoms with E-state index >= 15 is 0 Å². The first-order valence-corrected chi connectivity index (χ1v) is 9.40. The molecule has 3 atom stereocenters. The summed E-state index contributed by atoms with van der Waals surface area (Å²) in [4.78, 5) is 38.1. The summed E-state index contributed by atoms with van der Waals surface area (Å²) in [7, 11) is 0. The molecule has 1 aromatic carbocycles. The molecule has 1 aromatic rings. The Labute approximate surface area is 157 Å². The lowest BCUT2D eigenvalue weighted by Crippen LogP contribution is -2.52. The predicted octanol–water partition coefficient (Wildman–Crippen LogP) is -0.740. The number of carbonyl (C=O) groups is 3. The summed E-state index contributed by atoms with van der Waals surface area (Å²) in [6.45, 7) is 2.27. The zero-order valence-electron chi connectivity index (χ0n) is 15.0. The third-order valence-corrected chi connectivity index (χ3v) is 5.54. The Kier molecular flexibility index (Phi) is 4.94. The first kappa shape index (κ1) is 18.1. The van der Waals surface area contributed by atoms with Crippen LogP contribution >= 0.6 is 0 Å². The number of hydrogen-bond donors (Lipinski definition) is 4. The molecule has 0 spiro atoms. The molecular formula is C19H24N4O4.